The Morgan fingerprint density at radius 3 is 2.39 bits per heavy atom. The fraction of sp³-hybridized carbons (Fsp3) is 0.933. The molecule has 0 radical (unpaired) electrons. The first-order chi connectivity index (χ1) is 8.53. The van der Waals surface area contributed by atoms with E-state index in [-0.39, 0.29) is 11.8 Å². The van der Waals surface area contributed by atoms with Crippen molar-refractivity contribution in [1.82, 2.24) is 5.32 Å². The molecule has 1 atom stereocenters. The topological polar surface area (TPSA) is 55.1 Å². The molecular weight excluding hydrogens is 224 g/mol. The molecule has 1 saturated carbocycles. The summed E-state index contributed by atoms with van der Waals surface area (Å²) in [6, 6.07) is 0. The van der Waals surface area contributed by atoms with Gasteiger partial charge in [-0.25, -0.2) is 0 Å². The molecule has 3 heteroatoms. The van der Waals surface area contributed by atoms with Gasteiger partial charge in [0.2, 0.25) is 5.91 Å². The van der Waals surface area contributed by atoms with Gasteiger partial charge in [0.05, 0.1) is 5.92 Å². The van der Waals surface area contributed by atoms with Gasteiger partial charge in [0.1, 0.15) is 0 Å². The first kappa shape index (κ1) is 15.5. The Labute approximate surface area is 112 Å². The molecular formula is C15H30N2O. The summed E-state index contributed by atoms with van der Waals surface area (Å²) in [5, 5.41) is 3.15. The lowest BCUT2D eigenvalue weighted by atomic mass is 9.83. The lowest BCUT2D eigenvalue weighted by molar-refractivity contribution is -0.125. The first-order valence-corrected chi connectivity index (χ1v) is 7.51. The Bertz CT molecular complexity index is 257. The third-order valence-electron chi connectivity index (χ3n) is 4.46. The van der Waals surface area contributed by atoms with Crippen molar-refractivity contribution >= 4 is 5.91 Å². The van der Waals surface area contributed by atoms with Crippen molar-refractivity contribution in [3.63, 3.8) is 0 Å². The maximum Gasteiger partial charge on any atom is 0.224 e. The van der Waals surface area contributed by atoms with Crippen molar-refractivity contribution in [2.45, 2.75) is 59.3 Å². The summed E-state index contributed by atoms with van der Waals surface area (Å²) < 4.78 is 0. The standard InChI is InChI=1S/C15H30N2O/c1-4-15(7-5-6-8-15)11-17-14(18)13(10-16)9-12(2)3/h12-13H,4-11,16H2,1-3H3,(H,17,18). The average molecular weight is 254 g/mol. The van der Waals surface area contributed by atoms with Crippen LogP contribution < -0.4 is 11.1 Å². The third-order valence-corrected chi connectivity index (χ3v) is 4.46. The quantitative estimate of drug-likeness (QED) is 0.734. The van der Waals surface area contributed by atoms with Gasteiger partial charge < -0.3 is 11.1 Å². The van der Waals surface area contributed by atoms with Gasteiger partial charge in [-0.3, -0.25) is 4.79 Å². The van der Waals surface area contributed by atoms with Gasteiger partial charge in [-0.2, -0.15) is 0 Å². The molecule has 1 rings (SSSR count). The van der Waals surface area contributed by atoms with Crippen molar-refractivity contribution < 1.29 is 4.79 Å². The Morgan fingerprint density at radius 2 is 1.94 bits per heavy atom. The predicted molar refractivity (Wildman–Crippen MR) is 76.2 cm³/mol. The van der Waals surface area contributed by atoms with E-state index >= 15 is 0 Å². The Hall–Kier alpha value is -0.570. The summed E-state index contributed by atoms with van der Waals surface area (Å²) in [6.07, 6.45) is 7.22. The van der Waals surface area contributed by atoms with Gasteiger partial charge in [-0.05, 0) is 37.0 Å². The van der Waals surface area contributed by atoms with Crippen LogP contribution in [0, 0.1) is 17.3 Å². The maximum atomic E-state index is 12.1. The van der Waals surface area contributed by atoms with Crippen LogP contribution in [-0.2, 0) is 4.79 Å². The molecule has 0 saturated heterocycles. The smallest absolute Gasteiger partial charge is 0.224 e. The molecule has 106 valence electrons. The molecule has 1 fully saturated rings. The van der Waals surface area contributed by atoms with Crippen LogP contribution in [-0.4, -0.2) is 19.0 Å². The van der Waals surface area contributed by atoms with Crippen LogP contribution in [0.4, 0.5) is 0 Å². The first-order valence-electron chi connectivity index (χ1n) is 7.51. The summed E-state index contributed by atoms with van der Waals surface area (Å²) in [4.78, 5) is 12.1. The van der Waals surface area contributed by atoms with E-state index in [4.69, 9.17) is 5.73 Å². The highest BCUT2D eigenvalue weighted by molar-refractivity contribution is 5.78. The zero-order valence-electron chi connectivity index (χ0n) is 12.3. The average Bonchev–Trinajstić information content (AvgIpc) is 2.82. The van der Waals surface area contributed by atoms with E-state index in [0.717, 1.165) is 13.0 Å². The molecule has 3 nitrogen and oxygen atoms in total. The molecule has 3 N–H and O–H groups in total. The number of hydrogen-bond acceptors (Lipinski definition) is 2. The molecule has 0 bridgehead atoms. The van der Waals surface area contributed by atoms with Gasteiger partial charge in [0.25, 0.3) is 0 Å². The molecule has 0 aromatic heterocycles. The van der Waals surface area contributed by atoms with Gasteiger partial charge in [-0.15, -0.1) is 0 Å². The summed E-state index contributed by atoms with van der Waals surface area (Å²) in [5.41, 5.74) is 6.08. The van der Waals surface area contributed by atoms with Crippen molar-refractivity contribution in [3.05, 3.63) is 0 Å². The highest BCUT2D eigenvalue weighted by Gasteiger charge is 2.32. The summed E-state index contributed by atoms with van der Waals surface area (Å²) in [7, 11) is 0. The predicted octanol–water partition coefficient (Wildman–Crippen LogP) is 2.69. The molecule has 1 unspecified atom stereocenters. The van der Waals surface area contributed by atoms with E-state index in [9.17, 15) is 4.79 Å². The van der Waals surface area contributed by atoms with Crippen LogP contribution in [0.1, 0.15) is 59.3 Å². The molecule has 0 heterocycles. The molecule has 0 aliphatic heterocycles. The summed E-state index contributed by atoms with van der Waals surface area (Å²) in [6.45, 7) is 7.83. The van der Waals surface area contributed by atoms with Crippen LogP contribution in [0.25, 0.3) is 0 Å². The normalized spacial score (nSPS) is 20.1. The highest BCUT2D eigenvalue weighted by Crippen LogP contribution is 2.40. The van der Waals surface area contributed by atoms with E-state index in [1.165, 1.54) is 32.1 Å². The molecule has 18 heavy (non-hydrogen) atoms. The number of rotatable bonds is 7. The van der Waals surface area contributed by atoms with E-state index in [2.05, 4.69) is 26.1 Å². The lowest BCUT2D eigenvalue weighted by Crippen LogP contribution is -2.41. The van der Waals surface area contributed by atoms with E-state index in [1.807, 2.05) is 0 Å². The molecule has 0 spiro atoms. The number of hydrogen-bond donors (Lipinski definition) is 2. The second kappa shape index (κ2) is 7.13. The van der Waals surface area contributed by atoms with Crippen LogP contribution in [0.3, 0.4) is 0 Å². The van der Waals surface area contributed by atoms with E-state index in [1.54, 1.807) is 0 Å². The number of nitrogens with two attached hydrogens (primary N) is 1. The maximum absolute atomic E-state index is 12.1. The van der Waals surface area contributed by atoms with Gasteiger partial charge in [0, 0.05) is 13.1 Å². The minimum absolute atomic E-state index is 0.0136. The van der Waals surface area contributed by atoms with Crippen molar-refractivity contribution in [3.8, 4) is 0 Å². The Balaban J connectivity index is 2.43. The second-order valence-electron chi connectivity index (χ2n) is 6.34. The molecule has 1 aliphatic rings. The SMILES string of the molecule is CCC1(CNC(=O)C(CN)CC(C)C)CCCC1. The fourth-order valence-electron chi connectivity index (χ4n) is 3.08. The van der Waals surface area contributed by atoms with Crippen LogP contribution >= 0.6 is 0 Å². The van der Waals surface area contributed by atoms with Crippen molar-refractivity contribution in [2.75, 3.05) is 13.1 Å². The number of carbonyl (C=O) groups excluding carboxylic acids is 1. The van der Waals surface area contributed by atoms with Crippen LogP contribution in [0.2, 0.25) is 0 Å². The van der Waals surface area contributed by atoms with Crippen LogP contribution in [0.5, 0.6) is 0 Å². The zero-order valence-corrected chi connectivity index (χ0v) is 12.3. The highest BCUT2D eigenvalue weighted by atomic mass is 16.1. The lowest BCUT2D eigenvalue weighted by Gasteiger charge is -2.29. The Kier molecular flexibility index (Phi) is 6.13. The zero-order chi connectivity index (χ0) is 13.6. The van der Waals surface area contributed by atoms with Gasteiger partial charge >= 0.3 is 0 Å². The Morgan fingerprint density at radius 1 is 1.33 bits per heavy atom. The molecule has 0 aromatic rings. The van der Waals surface area contributed by atoms with Crippen molar-refractivity contribution in [1.29, 1.82) is 0 Å². The molecule has 1 aliphatic carbocycles. The minimum atomic E-state index is -0.0136. The minimum Gasteiger partial charge on any atom is -0.355 e. The van der Waals surface area contributed by atoms with E-state index < -0.39 is 0 Å². The summed E-state index contributed by atoms with van der Waals surface area (Å²) in [5.74, 6) is 0.669. The monoisotopic (exact) mass is 254 g/mol. The third kappa shape index (κ3) is 4.27. The second-order valence-corrected chi connectivity index (χ2v) is 6.34. The molecule has 0 aromatic carbocycles. The number of nitrogens with one attached hydrogen (secondary N) is 1. The van der Waals surface area contributed by atoms with E-state index in [0.29, 0.717) is 17.9 Å². The van der Waals surface area contributed by atoms with Crippen LogP contribution in [0.15, 0.2) is 0 Å². The van der Waals surface area contributed by atoms with Gasteiger partial charge in [0.15, 0.2) is 0 Å². The number of carbonyl (C=O) groups is 1. The largest absolute Gasteiger partial charge is 0.355 e. The number of amides is 1. The summed E-state index contributed by atoms with van der Waals surface area (Å²) >= 11 is 0. The fourth-order valence-corrected chi connectivity index (χ4v) is 3.08. The molecule has 1 amide bonds. The van der Waals surface area contributed by atoms with Gasteiger partial charge in [-0.1, -0.05) is 33.6 Å². The van der Waals surface area contributed by atoms with Crippen molar-refractivity contribution in [2.24, 2.45) is 23.0 Å².